The zero-order valence-electron chi connectivity index (χ0n) is 18.2. The second-order valence-electron chi connectivity index (χ2n) is 9.79. The highest BCUT2D eigenvalue weighted by Gasteiger charge is 2.38. The fourth-order valence-corrected chi connectivity index (χ4v) is 6.63. The van der Waals surface area contributed by atoms with Crippen molar-refractivity contribution in [1.29, 1.82) is 0 Å². The van der Waals surface area contributed by atoms with Gasteiger partial charge in [0.1, 0.15) is 5.75 Å². The zero-order valence-corrected chi connectivity index (χ0v) is 18.2. The van der Waals surface area contributed by atoms with E-state index in [1.54, 1.807) is 11.1 Å². The molecule has 1 aromatic rings. The largest absolute Gasteiger partial charge is 0.494 e. The van der Waals surface area contributed by atoms with Crippen LogP contribution in [0.25, 0.3) is 0 Å². The summed E-state index contributed by atoms with van der Waals surface area (Å²) in [6, 6.07) is 6.85. The average molecular weight is 381 g/mol. The van der Waals surface area contributed by atoms with Crippen LogP contribution < -0.4 is 4.74 Å². The van der Waals surface area contributed by atoms with E-state index in [-0.39, 0.29) is 0 Å². The Hall–Kier alpha value is -1.24. The summed E-state index contributed by atoms with van der Waals surface area (Å²) in [5.74, 6) is 6.07. The summed E-state index contributed by atoms with van der Waals surface area (Å²) < 4.78 is 5.71. The van der Waals surface area contributed by atoms with Gasteiger partial charge in [-0.15, -0.1) is 0 Å². The Bertz CT molecular complexity index is 660. The molecule has 0 aromatic heterocycles. The van der Waals surface area contributed by atoms with Gasteiger partial charge in [-0.3, -0.25) is 0 Å². The molecule has 1 nitrogen and oxygen atoms in total. The fourth-order valence-electron chi connectivity index (χ4n) is 6.63. The summed E-state index contributed by atoms with van der Waals surface area (Å²) in [5.41, 5.74) is 3.16. The molecule has 0 radical (unpaired) electrons. The number of fused-ring (bicyclic) bond motifs is 2. The van der Waals surface area contributed by atoms with E-state index in [1.165, 1.54) is 70.6 Å². The van der Waals surface area contributed by atoms with Crippen LogP contribution in [-0.2, 0) is 12.8 Å². The lowest BCUT2D eigenvalue weighted by Gasteiger charge is -2.45. The van der Waals surface area contributed by atoms with Crippen molar-refractivity contribution >= 4 is 0 Å². The lowest BCUT2D eigenvalue weighted by atomic mass is 9.61. The van der Waals surface area contributed by atoms with Gasteiger partial charge in [-0.25, -0.2) is 0 Å². The minimum absolute atomic E-state index is 0.766. The minimum Gasteiger partial charge on any atom is -0.494 e. The molecule has 3 aliphatic rings. The van der Waals surface area contributed by atoms with E-state index >= 15 is 0 Å². The Labute approximate surface area is 173 Å². The Balaban J connectivity index is 1.30. The fraction of sp³-hybridized carbons (Fsp3) is 0.704. The van der Waals surface area contributed by atoms with E-state index in [0.29, 0.717) is 0 Å². The average Bonchev–Trinajstić information content (AvgIpc) is 2.73. The standard InChI is InChI=1S/C27H40O/c1-3-5-6-7-20-8-9-22-17-23(11-10-21(22)16-20)24-12-13-26-19-27(28-4-2)15-14-25(26)18-24/h3,5,14-15,19-24H,4,6-13,16-18H2,1-2H3/b5-3+/t20-,21?,22-,23?,24?/m1/s1. The first kappa shape index (κ1) is 20.0. The summed E-state index contributed by atoms with van der Waals surface area (Å²) >= 11 is 0. The zero-order chi connectivity index (χ0) is 19.3. The van der Waals surface area contributed by atoms with E-state index in [0.717, 1.165) is 41.9 Å². The number of aryl methyl sites for hydroxylation is 1. The maximum Gasteiger partial charge on any atom is 0.119 e. The van der Waals surface area contributed by atoms with Gasteiger partial charge in [0.2, 0.25) is 0 Å². The van der Waals surface area contributed by atoms with Crippen LogP contribution in [0, 0.1) is 29.6 Å². The molecule has 0 N–H and O–H groups in total. The molecule has 1 aromatic carbocycles. The molecule has 3 aliphatic carbocycles. The van der Waals surface area contributed by atoms with Gasteiger partial charge < -0.3 is 4.74 Å². The van der Waals surface area contributed by atoms with E-state index in [9.17, 15) is 0 Å². The van der Waals surface area contributed by atoms with E-state index in [4.69, 9.17) is 4.74 Å². The van der Waals surface area contributed by atoms with Crippen molar-refractivity contribution in [3.8, 4) is 5.75 Å². The first-order valence-corrected chi connectivity index (χ1v) is 12.1. The molecule has 1 heteroatoms. The van der Waals surface area contributed by atoms with Gasteiger partial charge in [0.05, 0.1) is 6.61 Å². The number of rotatable bonds is 6. The summed E-state index contributed by atoms with van der Waals surface area (Å²) in [7, 11) is 0. The monoisotopic (exact) mass is 380 g/mol. The maximum absolute atomic E-state index is 5.71. The van der Waals surface area contributed by atoms with E-state index < -0.39 is 0 Å². The summed E-state index contributed by atoms with van der Waals surface area (Å²) in [4.78, 5) is 0. The van der Waals surface area contributed by atoms with Crippen molar-refractivity contribution in [1.82, 2.24) is 0 Å². The number of hydrogen-bond acceptors (Lipinski definition) is 1. The first-order valence-electron chi connectivity index (χ1n) is 12.1. The smallest absolute Gasteiger partial charge is 0.119 e. The highest BCUT2D eigenvalue weighted by atomic mass is 16.5. The lowest BCUT2D eigenvalue weighted by molar-refractivity contribution is 0.0699. The van der Waals surface area contributed by atoms with Crippen LogP contribution in [0.3, 0.4) is 0 Å². The van der Waals surface area contributed by atoms with Crippen molar-refractivity contribution in [2.75, 3.05) is 6.61 Å². The molecule has 2 fully saturated rings. The number of hydrogen-bond donors (Lipinski definition) is 0. The Morgan fingerprint density at radius 2 is 1.71 bits per heavy atom. The van der Waals surface area contributed by atoms with Crippen LogP contribution in [0.5, 0.6) is 5.75 Å². The van der Waals surface area contributed by atoms with Gasteiger partial charge in [-0.05, 0) is 131 Å². The maximum atomic E-state index is 5.71. The third kappa shape index (κ3) is 4.66. The molecule has 28 heavy (non-hydrogen) atoms. The molecule has 5 atom stereocenters. The Kier molecular flexibility index (Phi) is 6.81. The molecule has 4 rings (SSSR count). The van der Waals surface area contributed by atoms with Gasteiger partial charge in [-0.2, -0.15) is 0 Å². The molecule has 154 valence electrons. The van der Waals surface area contributed by atoms with Gasteiger partial charge in [0.15, 0.2) is 0 Å². The van der Waals surface area contributed by atoms with Crippen molar-refractivity contribution in [2.45, 2.75) is 84.5 Å². The van der Waals surface area contributed by atoms with Crippen molar-refractivity contribution in [3.63, 3.8) is 0 Å². The van der Waals surface area contributed by atoms with Gasteiger partial charge in [-0.1, -0.05) is 24.6 Å². The van der Waals surface area contributed by atoms with E-state index in [1.807, 2.05) is 0 Å². The predicted octanol–water partition coefficient (Wildman–Crippen LogP) is 7.38. The molecule has 0 aliphatic heterocycles. The summed E-state index contributed by atoms with van der Waals surface area (Å²) in [6.07, 6.45) is 20.4. The predicted molar refractivity (Wildman–Crippen MR) is 119 cm³/mol. The third-order valence-electron chi connectivity index (χ3n) is 8.16. The molecule has 0 amide bonds. The van der Waals surface area contributed by atoms with Gasteiger partial charge in [0.25, 0.3) is 0 Å². The number of ether oxygens (including phenoxy) is 1. The van der Waals surface area contributed by atoms with Crippen molar-refractivity contribution in [3.05, 3.63) is 41.5 Å². The molecular formula is C27H40O. The van der Waals surface area contributed by atoms with Crippen LogP contribution >= 0.6 is 0 Å². The second kappa shape index (κ2) is 9.51. The normalized spacial score (nSPS) is 32.7. The molecule has 3 unspecified atom stereocenters. The van der Waals surface area contributed by atoms with Crippen LogP contribution in [0.4, 0.5) is 0 Å². The summed E-state index contributed by atoms with van der Waals surface area (Å²) in [6.45, 7) is 4.99. The van der Waals surface area contributed by atoms with Gasteiger partial charge >= 0.3 is 0 Å². The molecule has 0 spiro atoms. The topological polar surface area (TPSA) is 9.23 Å². The molecule has 0 saturated heterocycles. The number of allylic oxidation sites excluding steroid dienone is 2. The van der Waals surface area contributed by atoms with Crippen LogP contribution in [0.1, 0.15) is 82.8 Å². The molecule has 0 heterocycles. The second-order valence-corrected chi connectivity index (χ2v) is 9.79. The SMILES string of the molecule is C/C=C/CC[C@@H]1CC[C@@H]2CC(C3CCc4cc(OCC)ccc4C3)CCC2C1. The van der Waals surface area contributed by atoms with Crippen molar-refractivity contribution in [2.24, 2.45) is 29.6 Å². The molecule has 0 bridgehead atoms. The molecular weight excluding hydrogens is 340 g/mol. The van der Waals surface area contributed by atoms with Crippen LogP contribution in [0.15, 0.2) is 30.4 Å². The highest BCUT2D eigenvalue weighted by molar-refractivity contribution is 5.37. The minimum atomic E-state index is 0.766. The first-order chi connectivity index (χ1) is 13.8. The quantitative estimate of drug-likeness (QED) is 0.468. The Morgan fingerprint density at radius 1 is 0.929 bits per heavy atom. The van der Waals surface area contributed by atoms with Crippen LogP contribution in [-0.4, -0.2) is 6.61 Å². The molecule has 2 saturated carbocycles. The highest BCUT2D eigenvalue weighted by Crippen LogP contribution is 2.49. The van der Waals surface area contributed by atoms with Gasteiger partial charge in [0, 0.05) is 0 Å². The summed E-state index contributed by atoms with van der Waals surface area (Å²) in [5, 5.41) is 0. The number of benzene rings is 1. The van der Waals surface area contributed by atoms with Crippen molar-refractivity contribution < 1.29 is 4.74 Å². The van der Waals surface area contributed by atoms with E-state index in [2.05, 4.69) is 44.2 Å². The lowest BCUT2D eigenvalue weighted by Crippen LogP contribution is -2.35. The Morgan fingerprint density at radius 3 is 2.54 bits per heavy atom. The third-order valence-corrected chi connectivity index (χ3v) is 8.16. The van der Waals surface area contributed by atoms with Crippen LogP contribution in [0.2, 0.25) is 0 Å².